The van der Waals surface area contributed by atoms with E-state index in [1.807, 2.05) is 48.5 Å². The third-order valence-electron chi connectivity index (χ3n) is 5.50. The van der Waals surface area contributed by atoms with E-state index in [-0.39, 0.29) is 30.3 Å². The molecular weight excluding hydrogens is 402 g/mol. The summed E-state index contributed by atoms with van der Waals surface area (Å²) >= 11 is 6.05. The van der Waals surface area contributed by atoms with Crippen LogP contribution in [0.5, 0.6) is 5.75 Å². The second kappa shape index (κ2) is 8.48. The van der Waals surface area contributed by atoms with Crippen LogP contribution in [0.4, 0.5) is 0 Å². The van der Waals surface area contributed by atoms with Crippen LogP contribution in [0.3, 0.4) is 0 Å². The van der Waals surface area contributed by atoms with E-state index in [1.54, 1.807) is 14.2 Å². The molecule has 1 aliphatic carbocycles. The second-order valence-electron chi connectivity index (χ2n) is 7.76. The first-order valence-electron chi connectivity index (χ1n) is 10.0. The molecule has 1 fully saturated rings. The highest BCUT2D eigenvalue weighted by molar-refractivity contribution is 6.30. The number of nitrogens with zero attached hydrogens (tertiary/aromatic N) is 3. The van der Waals surface area contributed by atoms with E-state index in [9.17, 15) is 9.59 Å². The molecule has 1 atom stereocenters. The summed E-state index contributed by atoms with van der Waals surface area (Å²) in [6.07, 6.45) is 2.39. The van der Waals surface area contributed by atoms with Gasteiger partial charge in [0.05, 0.1) is 18.9 Å². The molecule has 2 aromatic carbocycles. The minimum atomic E-state index is -0.250. The fraction of sp³-hybridized carbons (Fsp3) is 0.348. The van der Waals surface area contributed by atoms with Crippen LogP contribution in [0.2, 0.25) is 5.02 Å². The van der Waals surface area contributed by atoms with Gasteiger partial charge >= 0.3 is 0 Å². The van der Waals surface area contributed by atoms with Crippen LogP contribution in [-0.4, -0.2) is 48.1 Å². The molecule has 0 N–H and O–H groups in total. The largest absolute Gasteiger partial charge is 0.497 e. The van der Waals surface area contributed by atoms with Crippen molar-refractivity contribution in [3.05, 3.63) is 64.7 Å². The smallest absolute Gasteiger partial charge is 0.262 e. The van der Waals surface area contributed by atoms with Gasteiger partial charge in [-0.15, -0.1) is 0 Å². The van der Waals surface area contributed by atoms with Gasteiger partial charge in [0.1, 0.15) is 12.3 Å². The Labute approximate surface area is 181 Å². The number of ether oxygens (including phenoxy) is 1. The van der Waals surface area contributed by atoms with E-state index >= 15 is 0 Å². The maximum absolute atomic E-state index is 13.1. The Hall–Kier alpha value is -2.86. The summed E-state index contributed by atoms with van der Waals surface area (Å²) in [5.41, 5.74) is 2.66. The summed E-state index contributed by atoms with van der Waals surface area (Å²) in [5.74, 6) is 0.633. The number of carbonyl (C=O) groups is 2. The standard InChI is InChI=1S/C23H24ClN3O3/c1-26(23(29)16-6-7-16)14-22(28)27-21(15-8-10-18(24)11-9-15)13-20(25-27)17-4-3-5-19(12-17)30-2/h3-5,8-12,16,21H,6-7,13-14H2,1-2H3. The zero-order valence-corrected chi connectivity index (χ0v) is 17.8. The van der Waals surface area contributed by atoms with Gasteiger partial charge in [-0.25, -0.2) is 5.01 Å². The van der Waals surface area contributed by atoms with Gasteiger partial charge < -0.3 is 9.64 Å². The number of hydrogen-bond donors (Lipinski definition) is 0. The number of methoxy groups -OCH3 is 1. The Kier molecular flexibility index (Phi) is 5.77. The van der Waals surface area contributed by atoms with Gasteiger partial charge in [0.15, 0.2) is 0 Å². The van der Waals surface area contributed by atoms with E-state index in [0.29, 0.717) is 11.4 Å². The second-order valence-corrected chi connectivity index (χ2v) is 8.19. The van der Waals surface area contributed by atoms with Crippen LogP contribution >= 0.6 is 11.6 Å². The summed E-state index contributed by atoms with van der Waals surface area (Å²) in [6, 6.07) is 14.8. The molecule has 156 valence electrons. The van der Waals surface area contributed by atoms with Crippen molar-refractivity contribution in [3.63, 3.8) is 0 Å². The van der Waals surface area contributed by atoms with E-state index < -0.39 is 0 Å². The van der Waals surface area contributed by atoms with Crippen LogP contribution in [-0.2, 0) is 9.59 Å². The molecule has 0 spiro atoms. The van der Waals surface area contributed by atoms with Crippen LogP contribution in [0.25, 0.3) is 0 Å². The SMILES string of the molecule is COc1cccc(C2=NN(C(=O)CN(C)C(=O)C3CC3)C(c3ccc(Cl)cc3)C2)c1. The van der Waals surface area contributed by atoms with Crippen molar-refractivity contribution >= 4 is 29.1 Å². The summed E-state index contributed by atoms with van der Waals surface area (Å²) in [4.78, 5) is 26.9. The third kappa shape index (κ3) is 4.33. The lowest BCUT2D eigenvalue weighted by molar-refractivity contribution is -0.141. The number of halogens is 1. The molecule has 0 radical (unpaired) electrons. The van der Waals surface area contributed by atoms with Crippen LogP contribution in [0.1, 0.15) is 36.4 Å². The molecule has 0 saturated heterocycles. The molecule has 30 heavy (non-hydrogen) atoms. The quantitative estimate of drug-likeness (QED) is 0.705. The molecule has 4 rings (SSSR count). The van der Waals surface area contributed by atoms with E-state index in [4.69, 9.17) is 16.3 Å². The molecular formula is C23H24ClN3O3. The normalized spacial score (nSPS) is 18.2. The highest BCUT2D eigenvalue weighted by atomic mass is 35.5. The van der Waals surface area contributed by atoms with Crippen LogP contribution in [0, 0.1) is 5.92 Å². The highest BCUT2D eigenvalue weighted by Crippen LogP contribution is 2.34. The number of likely N-dealkylation sites (N-methyl/N-ethyl adjacent to an activating group) is 1. The topological polar surface area (TPSA) is 62.2 Å². The molecule has 1 heterocycles. The maximum Gasteiger partial charge on any atom is 0.262 e. The molecule has 2 aromatic rings. The van der Waals surface area contributed by atoms with Crippen molar-refractivity contribution in [1.82, 2.24) is 9.91 Å². The fourth-order valence-electron chi connectivity index (χ4n) is 3.66. The van der Waals surface area contributed by atoms with E-state index in [2.05, 4.69) is 5.10 Å². The number of carbonyl (C=O) groups excluding carboxylic acids is 2. The Balaban J connectivity index is 1.60. The fourth-order valence-corrected chi connectivity index (χ4v) is 3.78. The average Bonchev–Trinajstić information content (AvgIpc) is 3.51. The van der Waals surface area contributed by atoms with Crippen LogP contribution < -0.4 is 4.74 Å². The molecule has 2 amide bonds. The van der Waals surface area contributed by atoms with Crippen molar-refractivity contribution < 1.29 is 14.3 Å². The molecule has 6 nitrogen and oxygen atoms in total. The third-order valence-corrected chi connectivity index (χ3v) is 5.75. The Morgan fingerprint density at radius 2 is 1.93 bits per heavy atom. The van der Waals surface area contributed by atoms with Gasteiger partial charge in [-0.2, -0.15) is 5.10 Å². The Bertz CT molecular complexity index is 985. The summed E-state index contributed by atoms with van der Waals surface area (Å²) in [5, 5.41) is 6.81. The van der Waals surface area contributed by atoms with Gasteiger partial charge in [0, 0.05) is 30.0 Å². The van der Waals surface area contributed by atoms with Gasteiger partial charge in [-0.1, -0.05) is 35.9 Å². The highest BCUT2D eigenvalue weighted by Gasteiger charge is 2.36. The lowest BCUT2D eigenvalue weighted by atomic mass is 9.98. The van der Waals surface area contributed by atoms with Crippen molar-refractivity contribution in [1.29, 1.82) is 0 Å². The molecule has 1 unspecified atom stereocenters. The Morgan fingerprint density at radius 1 is 1.20 bits per heavy atom. The first-order valence-corrected chi connectivity index (χ1v) is 10.4. The molecule has 1 saturated carbocycles. The minimum Gasteiger partial charge on any atom is -0.497 e. The van der Waals surface area contributed by atoms with Gasteiger partial charge in [0.2, 0.25) is 5.91 Å². The van der Waals surface area contributed by atoms with Gasteiger partial charge in [-0.05, 0) is 42.7 Å². The van der Waals surface area contributed by atoms with Crippen LogP contribution in [0.15, 0.2) is 53.6 Å². The van der Waals surface area contributed by atoms with Crippen molar-refractivity contribution in [3.8, 4) is 5.75 Å². The van der Waals surface area contributed by atoms with E-state index in [1.165, 1.54) is 9.91 Å². The first kappa shape index (κ1) is 20.4. The minimum absolute atomic E-state index is 0.00825. The van der Waals surface area contributed by atoms with Crippen molar-refractivity contribution in [2.75, 3.05) is 20.7 Å². The number of rotatable bonds is 6. The molecule has 1 aliphatic heterocycles. The summed E-state index contributed by atoms with van der Waals surface area (Å²) < 4.78 is 5.33. The Morgan fingerprint density at radius 3 is 2.60 bits per heavy atom. The molecule has 7 heteroatoms. The average molecular weight is 426 g/mol. The summed E-state index contributed by atoms with van der Waals surface area (Å²) in [7, 11) is 3.30. The number of hydrogen-bond acceptors (Lipinski definition) is 4. The number of benzene rings is 2. The predicted molar refractivity (Wildman–Crippen MR) is 116 cm³/mol. The monoisotopic (exact) mass is 425 g/mol. The van der Waals surface area contributed by atoms with Crippen molar-refractivity contribution in [2.45, 2.75) is 25.3 Å². The lowest BCUT2D eigenvalue weighted by Crippen LogP contribution is -2.39. The zero-order chi connectivity index (χ0) is 21.3. The van der Waals surface area contributed by atoms with Crippen molar-refractivity contribution in [2.24, 2.45) is 11.0 Å². The first-order chi connectivity index (χ1) is 14.5. The predicted octanol–water partition coefficient (Wildman–Crippen LogP) is 3.89. The zero-order valence-electron chi connectivity index (χ0n) is 17.0. The van der Waals surface area contributed by atoms with Gasteiger partial charge in [0.25, 0.3) is 5.91 Å². The lowest BCUT2D eigenvalue weighted by Gasteiger charge is -2.25. The maximum atomic E-state index is 13.1. The summed E-state index contributed by atoms with van der Waals surface area (Å²) in [6.45, 7) is 0.00825. The van der Waals surface area contributed by atoms with E-state index in [0.717, 1.165) is 35.4 Å². The molecule has 0 aromatic heterocycles. The number of amides is 2. The molecule has 2 aliphatic rings. The van der Waals surface area contributed by atoms with Gasteiger partial charge in [-0.3, -0.25) is 9.59 Å². The number of hydrazone groups is 1. The molecule has 0 bridgehead atoms.